The number of carbonyl (C=O) groups excluding carboxylic acids is 1. The van der Waals surface area contributed by atoms with Crippen molar-refractivity contribution < 1.29 is 18.8 Å². The molecule has 164 valence electrons. The van der Waals surface area contributed by atoms with Crippen LogP contribution in [0.5, 0.6) is 11.5 Å². The highest BCUT2D eigenvalue weighted by molar-refractivity contribution is 6.10. The van der Waals surface area contributed by atoms with E-state index in [2.05, 4.69) is 15.5 Å². The van der Waals surface area contributed by atoms with Gasteiger partial charge in [-0.15, -0.1) is 0 Å². The van der Waals surface area contributed by atoms with Crippen LogP contribution in [0.1, 0.15) is 54.6 Å². The van der Waals surface area contributed by atoms with Crippen LogP contribution in [0.25, 0.3) is 22.4 Å². The lowest BCUT2D eigenvalue weighted by atomic mass is 9.53. The average Bonchev–Trinajstić information content (AvgIpc) is 3.37. The summed E-state index contributed by atoms with van der Waals surface area (Å²) in [5.74, 6) is 3.61. The molecule has 7 nitrogen and oxygen atoms in total. The first-order valence-corrected chi connectivity index (χ1v) is 11.5. The third-order valence-electron chi connectivity index (χ3n) is 7.88. The van der Waals surface area contributed by atoms with Gasteiger partial charge in [0, 0.05) is 16.8 Å². The number of amides is 1. The second-order valence-corrected chi connectivity index (χ2v) is 10.2. The van der Waals surface area contributed by atoms with Gasteiger partial charge in [0.1, 0.15) is 5.69 Å². The number of nitrogens with zero attached hydrogens (tertiary/aromatic N) is 2. The van der Waals surface area contributed by atoms with Crippen molar-refractivity contribution in [3.8, 4) is 22.8 Å². The van der Waals surface area contributed by atoms with Gasteiger partial charge in [-0.2, -0.15) is 0 Å². The summed E-state index contributed by atoms with van der Waals surface area (Å²) >= 11 is 0. The van der Waals surface area contributed by atoms with Crippen LogP contribution in [0.2, 0.25) is 0 Å². The molecular formula is C25H25N3O4. The third kappa shape index (κ3) is 2.76. The SMILES string of the molecule is Cc1cc(C(=O)NC23CC4CC(CC(C4)C2)C3)c2c(-c3ccc4c(c3)OCO4)noc2n1. The van der Waals surface area contributed by atoms with E-state index >= 15 is 0 Å². The Bertz CT molecular complexity index is 1230. The van der Waals surface area contributed by atoms with Gasteiger partial charge in [0.05, 0.1) is 10.9 Å². The lowest BCUT2D eigenvalue weighted by Gasteiger charge is -2.56. The number of aryl methyl sites for hydroxylation is 1. The van der Waals surface area contributed by atoms with Gasteiger partial charge in [-0.3, -0.25) is 4.79 Å². The Kier molecular flexibility index (Phi) is 3.73. The molecule has 1 aromatic carbocycles. The minimum Gasteiger partial charge on any atom is -0.454 e. The van der Waals surface area contributed by atoms with E-state index in [1.807, 2.05) is 31.2 Å². The zero-order chi connectivity index (χ0) is 21.4. The molecular weight excluding hydrogens is 406 g/mol. The largest absolute Gasteiger partial charge is 0.454 e. The average molecular weight is 431 g/mol. The molecule has 0 radical (unpaired) electrons. The van der Waals surface area contributed by atoms with Gasteiger partial charge in [-0.05, 0) is 87.5 Å². The number of hydrogen-bond acceptors (Lipinski definition) is 6. The van der Waals surface area contributed by atoms with Crippen molar-refractivity contribution >= 4 is 17.0 Å². The number of benzene rings is 1. The molecule has 0 unspecified atom stereocenters. The molecule has 2 aromatic heterocycles. The van der Waals surface area contributed by atoms with Crippen LogP contribution in [0, 0.1) is 24.7 Å². The van der Waals surface area contributed by atoms with E-state index in [9.17, 15) is 4.79 Å². The van der Waals surface area contributed by atoms with Crippen LogP contribution in [-0.2, 0) is 0 Å². The second kappa shape index (κ2) is 6.47. The smallest absolute Gasteiger partial charge is 0.259 e. The summed E-state index contributed by atoms with van der Waals surface area (Å²) in [6.45, 7) is 2.08. The van der Waals surface area contributed by atoms with Crippen LogP contribution < -0.4 is 14.8 Å². The normalized spacial score (nSPS) is 29.6. The molecule has 7 heteroatoms. The first-order valence-electron chi connectivity index (χ1n) is 11.5. The zero-order valence-corrected chi connectivity index (χ0v) is 18.0. The summed E-state index contributed by atoms with van der Waals surface area (Å²) in [5, 5.41) is 8.43. The van der Waals surface area contributed by atoms with E-state index in [4.69, 9.17) is 14.0 Å². The number of hydrogen-bond donors (Lipinski definition) is 1. The Balaban J connectivity index is 1.29. The number of ether oxygens (including phenoxy) is 2. The molecule has 1 amide bonds. The molecule has 4 saturated carbocycles. The van der Waals surface area contributed by atoms with Crippen molar-refractivity contribution in [1.82, 2.24) is 15.5 Å². The van der Waals surface area contributed by atoms with Gasteiger partial charge in [0.15, 0.2) is 11.5 Å². The summed E-state index contributed by atoms with van der Waals surface area (Å²) in [6, 6.07) is 7.49. The van der Waals surface area contributed by atoms with Crippen molar-refractivity contribution in [1.29, 1.82) is 0 Å². The minimum absolute atomic E-state index is 0.0485. The molecule has 3 aromatic rings. The number of fused-ring (bicyclic) bond motifs is 2. The molecule has 0 saturated heterocycles. The number of rotatable bonds is 3. The lowest BCUT2D eigenvalue weighted by Crippen LogP contribution is -2.59. The monoisotopic (exact) mass is 431 g/mol. The Morgan fingerprint density at radius 2 is 1.75 bits per heavy atom. The molecule has 4 bridgehead atoms. The summed E-state index contributed by atoms with van der Waals surface area (Å²) in [5.41, 5.74) is 3.04. The maximum Gasteiger partial charge on any atom is 0.259 e. The Hall–Kier alpha value is -3.09. The Morgan fingerprint density at radius 3 is 2.50 bits per heavy atom. The Morgan fingerprint density at radius 1 is 1.03 bits per heavy atom. The molecule has 0 spiro atoms. The molecule has 1 N–H and O–H groups in total. The van der Waals surface area contributed by atoms with Crippen LogP contribution in [0.3, 0.4) is 0 Å². The maximum atomic E-state index is 13.7. The van der Waals surface area contributed by atoms with Crippen molar-refractivity contribution in [2.24, 2.45) is 17.8 Å². The molecule has 32 heavy (non-hydrogen) atoms. The fourth-order valence-corrected chi connectivity index (χ4v) is 7.07. The first kappa shape index (κ1) is 18.5. The number of aromatic nitrogens is 2. The van der Waals surface area contributed by atoms with Gasteiger partial charge in [0.25, 0.3) is 11.6 Å². The van der Waals surface area contributed by atoms with Crippen molar-refractivity contribution in [2.75, 3.05) is 6.79 Å². The third-order valence-corrected chi connectivity index (χ3v) is 7.88. The van der Waals surface area contributed by atoms with Crippen LogP contribution in [0.4, 0.5) is 0 Å². The standard InChI is InChI=1S/C25H25N3O4/c1-13-4-18(23(29)27-25-9-14-5-15(10-25)7-16(6-14)11-25)21-22(28-32-24(21)26-13)17-2-3-19-20(8-17)31-12-30-19/h2-4,8,14-16H,5-7,9-12H2,1H3,(H,27,29). The van der Waals surface area contributed by atoms with Gasteiger partial charge in [-0.25, -0.2) is 4.98 Å². The molecule has 5 aliphatic rings. The maximum absolute atomic E-state index is 13.7. The van der Waals surface area contributed by atoms with Gasteiger partial charge in [-0.1, -0.05) is 5.16 Å². The minimum atomic E-state index is -0.0641. The topological polar surface area (TPSA) is 86.5 Å². The molecule has 4 aliphatic carbocycles. The van der Waals surface area contributed by atoms with E-state index in [0.717, 1.165) is 48.3 Å². The van der Waals surface area contributed by atoms with Crippen LogP contribution in [0.15, 0.2) is 28.8 Å². The predicted octanol–water partition coefficient (Wildman–Crippen LogP) is 4.63. The fraction of sp³-hybridized carbons (Fsp3) is 0.480. The Labute approximate surface area is 185 Å². The number of carbonyl (C=O) groups is 1. The quantitative estimate of drug-likeness (QED) is 0.651. The van der Waals surface area contributed by atoms with Gasteiger partial charge < -0.3 is 19.3 Å². The highest BCUT2D eigenvalue weighted by Crippen LogP contribution is 2.55. The second-order valence-electron chi connectivity index (χ2n) is 10.2. The van der Waals surface area contributed by atoms with Crippen molar-refractivity contribution in [2.45, 2.75) is 51.0 Å². The first-order chi connectivity index (χ1) is 15.6. The fourth-order valence-electron chi connectivity index (χ4n) is 7.07. The molecule has 4 fully saturated rings. The van der Waals surface area contributed by atoms with Crippen LogP contribution in [-0.4, -0.2) is 28.4 Å². The molecule has 0 atom stereocenters. The molecule has 3 heterocycles. The van der Waals surface area contributed by atoms with E-state index in [0.29, 0.717) is 33.9 Å². The van der Waals surface area contributed by atoms with E-state index in [1.165, 1.54) is 19.3 Å². The van der Waals surface area contributed by atoms with E-state index in [-0.39, 0.29) is 18.2 Å². The van der Waals surface area contributed by atoms with Crippen molar-refractivity contribution in [3.63, 3.8) is 0 Å². The summed E-state index contributed by atoms with van der Waals surface area (Å²) in [6.07, 6.45) is 7.35. The predicted molar refractivity (Wildman–Crippen MR) is 116 cm³/mol. The van der Waals surface area contributed by atoms with E-state index in [1.54, 1.807) is 0 Å². The molecule has 1 aliphatic heterocycles. The highest BCUT2D eigenvalue weighted by Gasteiger charge is 2.51. The van der Waals surface area contributed by atoms with Crippen LogP contribution >= 0.6 is 0 Å². The summed E-state index contributed by atoms with van der Waals surface area (Å²) < 4.78 is 16.5. The lowest BCUT2D eigenvalue weighted by molar-refractivity contribution is -0.0166. The van der Waals surface area contributed by atoms with Crippen molar-refractivity contribution in [3.05, 3.63) is 35.5 Å². The van der Waals surface area contributed by atoms with Gasteiger partial charge in [0.2, 0.25) is 6.79 Å². The van der Waals surface area contributed by atoms with Gasteiger partial charge >= 0.3 is 0 Å². The summed E-state index contributed by atoms with van der Waals surface area (Å²) in [7, 11) is 0. The number of pyridine rings is 1. The zero-order valence-electron chi connectivity index (χ0n) is 18.0. The number of nitrogens with one attached hydrogen (secondary N) is 1. The molecule has 8 rings (SSSR count). The summed E-state index contributed by atoms with van der Waals surface area (Å²) in [4.78, 5) is 18.2. The highest BCUT2D eigenvalue weighted by atomic mass is 16.7. The van der Waals surface area contributed by atoms with E-state index < -0.39 is 0 Å².